The monoisotopic (exact) mass is 380 g/mol. The Kier molecular flexibility index (Phi) is 8.72. The van der Waals surface area contributed by atoms with Crippen LogP contribution in [-0.4, -0.2) is 79.8 Å². The summed E-state index contributed by atoms with van der Waals surface area (Å²) < 4.78 is 15.7. The number of aliphatic hydroxyl groups is 2. The SMILES string of the molecule is O=C1N/C(=C/c2ccc(OCCOCCO)cc2)C(=O)N1CCOCCO. The van der Waals surface area contributed by atoms with Crippen molar-refractivity contribution in [3.05, 3.63) is 35.5 Å². The van der Waals surface area contributed by atoms with Crippen molar-refractivity contribution in [2.75, 3.05) is 52.8 Å². The van der Waals surface area contributed by atoms with Crippen LogP contribution in [0.2, 0.25) is 0 Å². The van der Waals surface area contributed by atoms with Crippen molar-refractivity contribution in [3.63, 3.8) is 0 Å². The summed E-state index contributed by atoms with van der Waals surface area (Å²) in [6, 6.07) is 6.54. The minimum Gasteiger partial charge on any atom is -0.491 e. The van der Waals surface area contributed by atoms with Crippen molar-refractivity contribution in [1.29, 1.82) is 0 Å². The summed E-state index contributed by atoms with van der Waals surface area (Å²) in [5.74, 6) is 0.225. The smallest absolute Gasteiger partial charge is 0.329 e. The second-order valence-corrected chi connectivity index (χ2v) is 5.53. The zero-order valence-corrected chi connectivity index (χ0v) is 14.9. The molecule has 1 fully saturated rings. The summed E-state index contributed by atoms with van der Waals surface area (Å²) in [6.07, 6.45) is 1.59. The van der Waals surface area contributed by atoms with Crippen molar-refractivity contribution >= 4 is 18.0 Å². The first-order chi connectivity index (χ1) is 13.2. The van der Waals surface area contributed by atoms with Crippen LogP contribution in [0, 0.1) is 0 Å². The number of hydrogen-bond acceptors (Lipinski definition) is 7. The summed E-state index contributed by atoms with van der Waals surface area (Å²) in [7, 11) is 0. The van der Waals surface area contributed by atoms with Gasteiger partial charge in [0.1, 0.15) is 18.1 Å². The molecule has 1 aliphatic rings. The molecular weight excluding hydrogens is 356 g/mol. The Labute approximate surface area is 157 Å². The highest BCUT2D eigenvalue weighted by molar-refractivity contribution is 6.13. The second-order valence-electron chi connectivity index (χ2n) is 5.53. The Morgan fingerprint density at radius 1 is 0.926 bits per heavy atom. The fourth-order valence-corrected chi connectivity index (χ4v) is 2.31. The van der Waals surface area contributed by atoms with Crippen LogP contribution in [0.4, 0.5) is 4.79 Å². The van der Waals surface area contributed by atoms with Gasteiger partial charge >= 0.3 is 6.03 Å². The number of ether oxygens (including phenoxy) is 3. The molecule has 1 heterocycles. The molecule has 1 aromatic carbocycles. The second kappa shape index (κ2) is 11.3. The van der Waals surface area contributed by atoms with Gasteiger partial charge in [-0.3, -0.25) is 9.69 Å². The molecule has 27 heavy (non-hydrogen) atoms. The number of nitrogens with one attached hydrogen (secondary N) is 1. The molecule has 3 N–H and O–H groups in total. The third-order valence-electron chi connectivity index (χ3n) is 3.58. The molecule has 3 amide bonds. The third kappa shape index (κ3) is 6.65. The fourth-order valence-electron chi connectivity index (χ4n) is 2.31. The molecule has 0 atom stereocenters. The van der Waals surface area contributed by atoms with E-state index in [1.54, 1.807) is 30.3 Å². The summed E-state index contributed by atoms with van der Waals surface area (Å²) in [5, 5.41) is 19.8. The Morgan fingerprint density at radius 3 is 2.26 bits per heavy atom. The quantitative estimate of drug-likeness (QED) is 0.265. The van der Waals surface area contributed by atoms with Gasteiger partial charge in [-0.15, -0.1) is 0 Å². The first-order valence-electron chi connectivity index (χ1n) is 8.60. The summed E-state index contributed by atoms with van der Waals surface area (Å²) in [4.78, 5) is 25.3. The highest BCUT2D eigenvalue weighted by Crippen LogP contribution is 2.17. The molecule has 9 heteroatoms. The molecule has 0 saturated carbocycles. The molecule has 0 unspecified atom stereocenters. The number of imide groups is 1. The number of carbonyl (C=O) groups is 2. The molecule has 0 bridgehead atoms. The van der Waals surface area contributed by atoms with Crippen LogP contribution in [-0.2, 0) is 14.3 Å². The van der Waals surface area contributed by atoms with Crippen molar-refractivity contribution in [2.24, 2.45) is 0 Å². The van der Waals surface area contributed by atoms with E-state index in [9.17, 15) is 9.59 Å². The van der Waals surface area contributed by atoms with E-state index < -0.39 is 11.9 Å². The minimum atomic E-state index is -0.498. The molecule has 0 radical (unpaired) electrons. The van der Waals surface area contributed by atoms with E-state index in [2.05, 4.69) is 5.32 Å². The topological polar surface area (TPSA) is 118 Å². The Balaban J connectivity index is 1.86. The third-order valence-corrected chi connectivity index (χ3v) is 3.58. The van der Waals surface area contributed by atoms with Crippen LogP contribution in [0.5, 0.6) is 5.75 Å². The molecule has 1 aliphatic heterocycles. The lowest BCUT2D eigenvalue weighted by atomic mass is 10.2. The number of urea groups is 1. The molecule has 9 nitrogen and oxygen atoms in total. The number of aliphatic hydroxyl groups excluding tert-OH is 2. The average molecular weight is 380 g/mol. The fraction of sp³-hybridized carbons (Fsp3) is 0.444. The maximum absolute atomic E-state index is 12.3. The van der Waals surface area contributed by atoms with Gasteiger partial charge in [-0.05, 0) is 23.8 Å². The Morgan fingerprint density at radius 2 is 1.59 bits per heavy atom. The molecule has 1 aromatic rings. The van der Waals surface area contributed by atoms with E-state index in [0.717, 1.165) is 10.5 Å². The van der Waals surface area contributed by atoms with Gasteiger partial charge in [0.2, 0.25) is 0 Å². The zero-order chi connectivity index (χ0) is 19.5. The molecule has 0 spiro atoms. The lowest BCUT2D eigenvalue weighted by molar-refractivity contribution is -0.123. The predicted octanol–water partition coefficient (Wildman–Crippen LogP) is -0.0241. The van der Waals surface area contributed by atoms with Gasteiger partial charge in [-0.2, -0.15) is 0 Å². The molecule has 0 aromatic heterocycles. The maximum atomic E-state index is 12.3. The van der Waals surface area contributed by atoms with Crippen LogP contribution in [0.1, 0.15) is 5.56 Å². The van der Waals surface area contributed by atoms with Gasteiger partial charge in [-0.25, -0.2) is 4.79 Å². The van der Waals surface area contributed by atoms with E-state index >= 15 is 0 Å². The standard InChI is InChI=1S/C18H24N2O7/c21-6-9-25-8-5-20-17(23)16(19-18(20)24)13-14-1-3-15(4-2-14)27-12-11-26-10-7-22/h1-4,13,21-22H,5-12H2,(H,19,24)/b16-13+. The van der Waals surface area contributed by atoms with E-state index in [0.29, 0.717) is 19.0 Å². The van der Waals surface area contributed by atoms with Gasteiger partial charge in [0.05, 0.1) is 46.2 Å². The van der Waals surface area contributed by atoms with Crippen LogP contribution in [0.15, 0.2) is 30.0 Å². The lowest BCUT2D eigenvalue weighted by Gasteiger charge is -2.11. The number of carbonyl (C=O) groups excluding carboxylic acids is 2. The molecule has 148 valence electrons. The summed E-state index contributed by atoms with van der Waals surface area (Å²) in [5.41, 5.74) is 0.925. The predicted molar refractivity (Wildman–Crippen MR) is 96.0 cm³/mol. The van der Waals surface area contributed by atoms with Crippen molar-refractivity contribution in [1.82, 2.24) is 10.2 Å². The number of nitrogens with zero attached hydrogens (tertiary/aromatic N) is 1. The first kappa shape index (κ1) is 20.8. The number of amides is 3. The van der Waals surface area contributed by atoms with Crippen LogP contribution in [0.25, 0.3) is 6.08 Å². The lowest BCUT2D eigenvalue weighted by Crippen LogP contribution is -2.34. The molecule has 1 saturated heterocycles. The Bertz CT molecular complexity index is 646. The van der Waals surface area contributed by atoms with Crippen LogP contribution in [0.3, 0.4) is 0 Å². The summed E-state index contributed by atoms with van der Waals surface area (Å²) in [6.45, 7) is 1.34. The minimum absolute atomic E-state index is 0.0221. The normalized spacial score (nSPS) is 15.5. The zero-order valence-electron chi connectivity index (χ0n) is 14.9. The van der Waals surface area contributed by atoms with Crippen molar-refractivity contribution in [2.45, 2.75) is 0 Å². The highest BCUT2D eigenvalue weighted by atomic mass is 16.5. The first-order valence-corrected chi connectivity index (χ1v) is 8.60. The van der Waals surface area contributed by atoms with Gasteiger partial charge in [0, 0.05) is 0 Å². The van der Waals surface area contributed by atoms with Crippen molar-refractivity contribution in [3.8, 4) is 5.75 Å². The number of rotatable bonds is 12. The Hall–Kier alpha value is -2.46. The largest absolute Gasteiger partial charge is 0.491 e. The molecule has 2 rings (SSSR count). The van der Waals surface area contributed by atoms with E-state index in [-0.39, 0.29) is 45.3 Å². The van der Waals surface area contributed by atoms with Gasteiger partial charge < -0.3 is 29.7 Å². The van der Waals surface area contributed by atoms with Crippen molar-refractivity contribution < 1.29 is 34.0 Å². The van der Waals surface area contributed by atoms with Gasteiger partial charge in [-0.1, -0.05) is 12.1 Å². The van der Waals surface area contributed by atoms with Gasteiger partial charge in [0.15, 0.2) is 0 Å². The van der Waals surface area contributed by atoms with E-state index in [1.165, 1.54) is 0 Å². The van der Waals surface area contributed by atoms with E-state index in [4.69, 9.17) is 24.4 Å². The van der Waals surface area contributed by atoms with Crippen LogP contribution < -0.4 is 10.1 Å². The average Bonchev–Trinajstić information content (AvgIpc) is 2.93. The van der Waals surface area contributed by atoms with Gasteiger partial charge in [0.25, 0.3) is 5.91 Å². The molecule has 0 aliphatic carbocycles. The summed E-state index contributed by atoms with van der Waals surface area (Å²) >= 11 is 0. The maximum Gasteiger partial charge on any atom is 0.329 e. The molecular formula is C18H24N2O7. The van der Waals surface area contributed by atoms with E-state index in [1.807, 2.05) is 0 Å². The number of benzene rings is 1. The highest BCUT2D eigenvalue weighted by Gasteiger charge is 2.33. The van der Waals surface area contributed by atoms with Crippen LogP contribution >= 0.6 is 0 Å². The number of hydrogen-bond donors (Lipinski definition) is 3.